The number of benzene rings is 1. The van der Waals surface area contributed by atoms with Crippen LogP contribution in [0.5, 0.6) is 5.75 Å². The summed E-state index contributed by atoms with van der Waals surface area (Å²) in [7, 11) is 0. The van der Waals surface area contributed by atoms with Crippen molar-refractivity contribution in [1.82, 2.24) is 5.32 Å². The second-order valence-electron chi connectivity index (χ2n) is 4.99. The summed E-state index contributed by atoms with van der Waals surface area (Å²) in [5.41, 5.74) is 0.853. The maximum absolute atomic E-state index is 12.2. The molecule has 1 aromatic heterocycles. The summed E-state index contributed by atoms with van der Waals surface area (Å²) < 4.78 is 5.36. The van der Waals surface area contributed by atoms with Gasteiger partial charge in [0.05, 0.1) is 25.5 Å². The van der Waals surface area contributed by atoms with E-state index in [-0.39, 0.29) is 18.7 Å². The molecule has 5 nitrogen and oxygen atoms in total. The van der Waals surface area contributed by atoms with Crippen molar-refractivity contribution in [3.63, 3.8) is 0 Å². The molecular weight excluding hydrogens is 314 g/mol. The van der Waals surface area contributed by atoms with E-state index in [4.69, 9.17) is 9.84 Å². The number of aliphatic carboxylic acids is 1. The number of rotatable bonds is 8. The first-order chi connectivity index (χ1) is 11.1. The standard InChI is InChI=1S/C17H19NO4S/c1-2-22-13-7-5-12(6-8-13)10-16(19)18-14(11-17(20)21)15-4-3-9-23-15/h3-9,14H,2,10-11H2,1H3,(H,18,19)(H,20,21)/t14-/m0/s1. The zero-order chi connectivity index (χ0) is 16.7. The van der Waals surface area contributed by atoms with Crippen LogP contribution in [-0.2, 0) is 16.0 Å². The highest BCUT2D eigenvalue weighted by molar-refractivity contribution is 7.10. The van der Waals surface area contributed by atoms with E-state index in [1.54, 1.807) is 0 Å². The van der Waals surface area contributed by atoms with Crippen LogP contribution in [0.1, 0.15) is 29.8 Å². The van der Waals surface area contributed by atoms with Crippen molar-refractivity contribution < 1.29 is 19.4 Å². The van der Waals surface area contributed by atoms with Gasteiger partial charge in [-0.1, -0.05) is 18.2 Å². The van der Waals surface area contributed by atoms with Gasteiger partial charge in [-0.3, -0.25) is 9.59 Å². The second-order valence-corrected chi connectivity index (χ2v) is 5.97. The summed E-state index contributed by atoms with van der Waals surface area (Å²) in [6.07, 6.45) is 0.0728. The van der Waals surface area contributed by atoms with Gasteiger partial charge < -0.3 is 15.2 Å². The summed E-state index contributed by atoms with van der Waals surface area (Å²) in [5, 5.41) is 13.7. The number of carbonyl (C=O) groups excluding carboxylic acids is 1. The van der Waals surface area contributed by atoms with Crippen molar-refractivity contribution in [2.24, 2.45) is 0 Å². The van der Waals surface area contributed by atoms with Crippen molar-refractivity contribution in [2.45, 2.75) is 25.8 Å². The van der Waals surface area contributed by atoms with Crippen LogP contribution in [0.15, 0.2) is 41.8 Å². The molecule has 0 spiro atoms. The van der Waals surface area contributed by atoms with Crippen LogP contribution < -0.4 is 10.1 Å². The predicted octanol–water partition coefficient (Wildman–Crippen LogP) is 3.02. The van der Waals surface area contributed by atoms with E-state index < -0.39 is 12.0 Å². The van der Waals surface area contributed by atoms with E-state index >= 15 is 0 Å². The Hall–Kier alpha value is -2.34. The topological polar surface area (TPSA) is 75.6 Å². The minimum absolute atomic E-state index is 0.129. The van der Waals surface area contributed by atoms with Crippen molar-refractivity contribution in [3.05, 3.63) is 52.2 Å². The minimum Gasteiger partial charge on any atom is -0.494 e. The SMILES string of the molecule is CCOc1ccc(CC(=O)N[C@@H](CC(=O)O)c2cccs2)cc1. The first-order valence-corrected chi connectivity index (χ1v) is 8.22. The highest BCUT2D eigenvalue weighted by Gasteiger charge is 2.19. The van der Waals surface area contributed by atoms with Crippen molar-refractivity contribution in [3.8, 4) is 5.75 Å². The normalized spacial score (nSPS) is 11.7. The molecule has 0 aliphatic rings. The van der Waals surface area contributed by atoms with E-state index in [0.717, 1.165) is 16.2 Å². The molecule has 2 aromatic rings. The lowest BCUT2D eigenvalue weighted by atomic mass is 10.1. The Labute approximate surface area is 138 Å². The summed E-state index contributed by atoms with van der Waals surface area (Å²) in [4.78, 5) is 24.0. The van der Waals surface area contributed by atoms with Crippen molar-refractivity contribution >= 4 is 23.2 Å². The van der Waals surface area contributed by atoms with Crippen LogP contribution in [0.4, 0.5) is 0 Å². The van der Waals surface area contributed by atoms with Crippen LogP contribution in [0.2, 0.25) is 0 Å². The maximum atomic E-state index is 12.2. The minimum atomic E-state index is -0.940. The average molecular weight is 333 g/mol. The number of hydrogen-bond acceptors (Lipinski definition) is 4. The molecule has 23 heavy (non-hydrogen) atoms. The molecule has 0 aliphatic carbocycles. The van der Waals surface area contributed by atoms with E-state index in [9.17, 15) is 9.59 Å². The molecule has 0 fully saturated rings. The number of thiophene rings is 1. The molecule has 1 atom stereocenters. The third-order valence-corrected chi connectivity index (χ3v) is 4.19. The molecule has 0 aliphatic heterocycles. The fourth-order valence-corrected chi connectivity index (χ4v) is 2.97. The number of carboxylic acid groups (broad SMARTS) is 1. The van der Waals surface area contributed by atoms with Crippen LogP contribution in [0, 0.1) is 0 Å². The highest BCUT2D eigenvalue weighted by atomic mass is 32.1. The second kappa shape index (κ2) is 8.33. The largest absolute Gasteiger partial charge is 0.494 e. The monoisotopic (exact) mass is 333 g/mol. The summed E-state index contributed by atoms with van der Waals surface area (Å²) >= 11 is 1.43. The molecule has 2 N–H and O–H groups in total. The Morgan fingerprint density at radius 2 is 2.00 bits per heavy atom. The van der Waals surface area contributed by atoms with E-state index in [2.05, 4.69) is 5.32 Å². The molecule has 2 rings (SSSR count). The van der Waals surface area contributed by atoms with Gasteiger partial charge in [-0.2, -0.15) is 0 Å². The van der Waals surface area contributed by atoms with Crippen molar-refractivity contribution in [2.75, 3.05) is 6.61 Å². The van der Waals surface area contributed by atoms with Gasteiger partial charge in [-0.25, -0.2) is 0 Å². The lowest BCUT2D eigenvalue weighted by Gasteiger charge is -2.15. The summed E-state index contributed by atoms with van der Waals surface area (Å²) in [5.74, 6) is -0.377. The molecule has 0 unspecified atom stereocenters. The number of carbonyl (C=O) groups is 2. The smallest absolute Gasteiger partial charge is 0.305 e. The zero-order valence-corrected chi connectivity index (χ0v) is 13.6. The molecular formula is C17H19NO4S. The lowest BCUT2D eigenvalue weighted by molar-refractivity contribution is -0.137. The Balaban J connectivity index is 1.97. The van der Waals surface area contributed by atoms with Gasteiger partial charge in [-0.05, 0) is 36.1 Å². The average Bonchev–Trinajstić information content (AvgIpc) is 3.02. The lowest BCUT2D eigenvalue weighted by Crippen LogP contribution is -2.30. The number of nitrogens with one attached hydrogen (secondary N) is 1. The third kappa shape index (κ3) is 5.41. The quantitative estimate of drug-likeness (QED) is 0.778. The Morgan fingerprint density at radius 3 is 2.57 bits per heavy atom. The molecule has 0 bridgehead atoms. The van der Waals surface area contributed by atoms with Gasteiger partial charge in [0.15, 0.2) is 0 Å². The first-order valence-electron chi connectivity index (χ1n) is 7.34. The fraction of sp³-hybridized carbons (Fsp3) is 0.294. The van der Waals surface area contributed by atoms with E-state index in [1.165, 1.54) is 11.3 Å². The molecule has 0 saturated carbocycles. The maximum Gasteiger partial charge on any atom is 0.305 e. The molecule has 0 saturated heterocycles. The first kappa shape index (κ1) is 17.0. The van der Waals surface area contributed by atoms with Gasteiger partial charge >= 0.3 is 5.97 Å². The molecule has 122 valence electrons. The number of ether oxygens (including phenoxy) is 1. The van der Waals surface area contributed by atoms with Gasteiger partial charge in [0, 0.05) is 4.88 Å². The third-order valence-electron chi connectivity index (χ3n) is 3.20. The van der Waals surface area contributed by atoms with Crippen LogP contribution in [0.3, 0.4) is 0 Å². The molecule has 1 heterocycles. The molecule has 1 aromatic carbocycles. The van der Waals surface area contributed by atoms with Gasteiger partial charge in [0.2, 0.25) is 5.91 Å². The van der Waals surface area contributed by atoms with Crippen LogP contribution in [0.25, 0.3) is 0 Å². The summed E-state index contributed by atoms with van der Waals surface area (Å²) in [6.45, 7) is 2.51. The van der Waals surface area contributed by atoms with Crippen LogP contribution >= 0.6 is 11.3 Å². The van der Waals surface area contributed by atoms with Gasteiger partial charge in [-0.15, -0.1) is 11.3 Å². The molecule has 1 amide bonds. The zero-order valence-electron chi connectivity index (χ0n) is 12.8. The molecule has 6 heteroatoms. The fourth-order valence-electron chi connectivity index (χ4n) is 2.19. The number of carboxylic acids is 1. The van der Waals surface area contributed by atoms with E-state index in [1.807, 2.05) is 48.7 Å². The van der Waals surface area contributed by atoms with Gasteiger partial charge in [0.25, 0.3) is 0 Å². The van der Waals surface area contributed by atoms with Gasteiger partial charge in [0.1, 0.15) is 5.75 Å². The Bertz CT molecular complexity index is 637. The number of hydrogen-bond donors (Lipinski definition) is 2. The number of amides is 1. The summed E-state index contributed by atoms with van der Waals surface area (Å²) in [6, 6.07) is 10.5. The highest BCUT2D eigenvalue weighted by Crippen LogP contribution is 2.22. The Kier molecular flexibility index (Phi) is 6.17. The van der Waals surface area contributed by atoms with Crippen molar-refractivity contribution in [1.29, 1.82) is 0 Å². The van der Waals surface area contributed by atoms with E-state index in [0.29, 0.717) is 6.61 Å². The van der Waals surface area contributed by atoms with Crippen LogP contribution in [-0.4, -0.2) is 23.6 Å². The predicted molar refractivity (Wildman–Crippen MR) is 88.8 cm³/mol. The Morgan fingerprint density at radius 1 is 1.26 bits per heavy atom. The molecule has 0 radical (unpaired) electrons.